The second-order valence-electron chi connectivity index (χ2n) is 8.96. The minimum absolute atomic E-state index is 0.131. The summed E-state index contributed by atoms with van der Waals surface area (Å²) >= 11 is 5.96. The first-order chi connectivity index (χ1) is 16.6. The number of halogens is 1. The zero-order valence-corrected chi connectivity index (χ0v) is 20.9. The molecule has 1 heterocycles. The van der Waals surface area contributed by atoms with Crippen molar-refractivity contribution >= 4 is 23.4 Å². The van der Waals surface area contributed by atoms with Gasteiger partial charge in [0.15, 0.2) is 0 Å². The molecule has 3 rings (SSSR count). The monoisotopic (exact) mass is 488 g/mol. The lowest BCUT2D eigenvalue weighted by molar-refractivity contribution is -0.140. The van der Waals surface area contributed by atoms with Gasteiger partial charge in [-0.3, -0.25) is 9.59 Å². The fourth-order valence-corrected chi connectivity index (χ4v) is 4.59. The average molecular weight is 489 g/mol. The molecule has 1 aliphatic rings. The van der Waals surface area contributed by atoms with E-state index in [1.165, 1.54) is 24.2 Å². The van der Waals surface area contributed by atoms with Crippen LogP contribution in [-0.2, 0) is 16.1 Å². The number of furan rings is 1. The topological polar surface area (TPSA) is 71.8 Å². The van der Waals surface area contributed by atoms with Crippen LogP contribution >= 0.6 is 11.6 Å². The third-order valence-electron chi connectivity index (χ3n) is 6.31. The maximum Gasteiger partial charge on any atom is 0.247 e. The normalized spacial score (nSPS) is 15.0. The Morgan fingerprint density at radius 1 is 1.12 bits per heavy atom. The Balaban J connectivity index is 1.79. The molecule has 0 saturated heterocycles. The lowest BCUT2D eigenvalue weighted by atomic mass is 9.94. The molecular weight excluding hydrogens is 452 g/mol. The predicted molar refractivity (Wildman–Crippen MR) is 134 cm³/mol. The number of alkyl halides is 1. The van der Waals surface area contributed by atoms with Gasteiger partial charge in [-0.1, -0.05) is 57.6 Å². The smallest absolute Gasteiger partial charge is 0.247 e. The van der Waals surface area contributed by atoms with Gasteiger partial charge < -0.3 is 19.4 Å². The van der Waals surface area contributed by atoms with Crippen LogP contribution in [0.2, 0.25) is 0 Å². The van der Waals surface area contributed by atoms with E-state index in [2.05, 4.69) is 12.2 Å². The highest BCUT2D eigenvalue weighted by atomic mass is 35.5. The van der Waals surface area contributed by atoms with E-state index in [4.69, 9.17) is 20.8 Å². The zero-order valence-electron chi connectivity index (χ0n) is 20.1. The second-order valence-corrected chi connectivity index (χ2v) is 9.23. The zero-order chi connectivity index (χ0) is 24.2. The summed E-state index contributed by atoms with van der Waals surface area (Å²) in [6.07, 6.45) is 11.5. The number of carbonyl (C=O) groups is 2. The first-order valence-corrected chi connectivity index (χ1v) is 13.1. The van der Waals surface area contributed by atoms with Crippen LogP contribution in [0.25, 0.3) is 0 Å². The summed E-state index contributed by atoms with van der Waals surface area (Å²) in [5.41, 5.74) is 0.719. The minimum Gasteiger partial charge on any atom is -0.494 e. The maximum absolute atomic E-state index is 13.5. The fourth-order valence-electron chi connectivity index (χ4n) is 4.44. The Morgan fingerprint density at radius 2 is 1.88 bits per heavy atom. The van der Waals surface area contributed by atoms with E-state index in [1.807, 2.05) is 24.3 Å². The summed E-state index contributed by atoms with van der Waals surface area (Å²) in [4.78, 5) is 27.9. The summed E-state index contributed by atoms with van der Waals surface area (Å²) < 4.78 is 11.3. The Kier molecular flexibility index (Phi) is 10.8. The quantitative estimate of drug-likeness (QED) is 0.277. The lowest BCUT2D eigenvalue weighted by Crippen LogP contribution is -2.47. The van der Waals surface area contributed by atoms with Crippen molar-refractivity contribution in [2.75, 3.05) is 12.5 Å². The van der Waals surface area contributed by atoms with Crippen LogP contribution < -0.4 is 10.1 Å². The molecule has 34 heavy (non-hydrogen) atoms. The number of carbonyl (C=O) groups excluding carboxylic acids is 2. The molecule has 1 atom stereocenters. The van der Waals surface area contributed by atoms with Crippen molar-refractivity contribution in [3.05, 3.63) is 54.0 Å². The van der Waals surface area contributed by atoms with Gasteiger partial charge in [0.2, 0.25) is 11.8 Å². The first-order valence-electron chi connectivity index (χ1n) is 12.5. The standard InChI is InChI=1S/C27H37ClN2O4/c1-2-3-4-8-17-33-23-15-13-21(14-16-23)26(27(32)29-22-10-6-5-7-11-22)30(25(31)19-28)20-24-12-9-18-34-24/h9,12-16,18,22,26H,2-8,10-11,17,19-20H2,1H3,(H,29,32)/t26-/m0/s1. The number of benzene rings is 1. The van der Waals surface area contributed by atoms with E-state index in [-0.39, 0.29) is 30.3 Å². The molecule has 0 unspecified atom stereocenters. The number of unbranched alkanes of at least 4 members (excludes halogenated alkanes) is 3. The van der Waals surface area contributed by atoms with Crippen molar-refractivity contribution in [2.24, 2.45) is 0 Å². The van der Waals surface area contributed by atoms with Crippen LogP contribution in [0, 0.1) is 0 Å². The number of amides is 2. The summed E-state index contributed by atoms with van der Waals surface area (Å²) in [6, 6.07) is 10.3. The summed E-state index contributed by atoms with van der Waals surface area (Å²) in [5.74, 6) is 0.629. The molecule has 0 aliphatic heterocycles. The van der Waals surface area contributed by atoms with E-state index in [1.54, 1.807) is 18.4 Å². The number of nitrogens with zero attached hydrogens (tertiary/aromatic N) is 1. The Morgan fingerprint density at radius 3 is 2.53 bits per heavy atom. The van der Waals surface area contributed by atoms with Crippen LogP contribution in [0.4, 0.5) is 0 Å². The lowest BCUT2D eigenvalue weighted by Gasteiger charge is -2.32. The van der Waals surface area contributed by atoms with Gasteiger partial charge in [-0.2, -0.15) is 0 Å². The van der Waals surface area contributed by atoms with Crippen LogP contribution in [0.3, 0.4) is 0 Å². The third-order valence-corrected chi connectivity index (χ3v) is 6.54. The van der Waals surface area contributed by atoms with Crippen LogP contribution in [0.5, 0.6) is 5.75 Å². The maximum atomic E-state index is 13.5. The van der Waals surface area contributed by atoms with E-state index in [9.17, 15) is 9.59 Å². The molecule has 2 aromatic rings. The molecule has 1 aromatic heterocycles. The summed E-state index contributed by atoms with van der Waals surface area (Å²) in [5, 5.41) is 3.19. The second kappa shape index (κ2) is 14.1. The van der Waals surface area contributed by atoms with Crippen molar-refractivity contribution in [2.45, 2.75) is 83.3 Å². The highest BCUT2D eigenvalue weighted by Crippen LogP contribution is 2.28. The van der Waals surface area contributed by atoms with Gasteiger partial charge in [0.05, 0.1) is 19.4 Å². The summed E-state index contributed by atoms with van der Waals surface area (Å²) in [7, 11) is 0. The van der Waals surface area contributed by atoms with Crippen molar-refractivity contribution in [1.82, 2.24) is 10.2 Å². The van der Waals surface area contributed by atoms with Crippen molar-refractivity contribution < 1.29 is 18.7 Å². The number of hydrogen-bond donors (Lipinski definition) is 1. The molecular formula is C27H37ClN2O4. The number of nitrogens with one attached hydrogen (secondary N) is 1. The van der Waals surface area contributed by atoms with E-state index in [0.717, 1.165) is 49.8 Å². The van der Waals surface area contributed by atoms with Gasteiger partial charge in [-0.05, 0) is 49.1 Å². The molecule has 0 radical (unpaired) electrons. The molecule has 0 spiro atoms. The number of rotatable bonds is 13. The highest BCUT2D eigenvalue weighted by Gasteiger charge is 2.33. The Hall–Kier alpha value is -2.47. The van der Waals surface area contributed by atoms with Gasteiger partial charge in [0.25, 0.3) is 0 Å². The van der Waals surface area contributed by atoms with E-state index >= 15 is 0 Å². The van der Waals surface area contributed by atoms with Gasteiger partial charge in [0, 0.05) is 6.04 Å². The highest BCUT2D eigenvalue weighted by molar-refractivity contribution is 6.27. The molecule has 1 aliphatic carbocycles. The third kappa shape index (κ3) is 7.79. The van der Waals surface area contributed by atoms with E-state index in [0.29, 0.717) is 12.4 Å². The number of hydrogen-bond acceptors (Lipinski definition) is 4. The molecule has 2 amide bonds. The molecule has 7 heteroatoms. The van der Waals surface area contributed by atoms with Crippen LogP contribution in [0.1, 0.15) is 82.1 Å². The first kappa shape index (κ1) is 26.1. The van der Waals surface area contributed by atoms with Gasteiger partial charge >= 0.3 is 0 Å². The van der Waals surface area contributed by atoms with Crippen LogP contribution in [0.15, 0.2) is 47.1 Å². The van der Waals surface area contributed by atoms with Gasteiger partial charge in [-0.15, -0.1) is 11.6 Å². The largest absolute Gasteiger partial charge is 0.494 e. The number of ether oxygens (including phenoxy) is 1. The van der Waals surface area contributed by atoms with Crippen molar-refractivity contribution in [3.63, 3.8) is 0 Å². The molecule has 1 saturated carbocycles. The fraction of sp³-hybridized carbons (Fsp3) is 0.556. The summed E-state index contributed by atoms with van der Waals surface area (Å²) in [6.45, 7) is 3.02. The van der Waals surface area contributed by atoms with Crippen LogP contribution in [-0.4, -0.2) is 35.2 Å². The molecule has 0 bridgehead atoms. The predicted octanol–water partition coefficient (Wildman–Crippen LogP) is 6.00. The molecule has 1 N–H and O–H groups in total. The molecule has 186 valence electrons. The SMILES string of the molecule is CCCCCCOc1ccc([C@@H](C(=O)NC2CCCCC2)N(Cc2ccco2)C(=O)CCl)cc1. The van der Waals surface area contributed by atoms with Crippen molar-refractivity contribution in [1.29, 1.82) is 0 Å². The Labute approximate surface area is 208 Å². The molecule has 6 nitrogen and oxygen atoms in total. The van der Waals surface area contributed by atoms with E-state index < -0.39 is 6.04 Å². The average Bonchev–Trinajstić information content (AvgIpc) is 3.38. The Bertz CT molecular complexity index is 863. The minimum atomic E-state index is -0.808. The van der Waals surface area contributed by atoms with Gasteiger partial charge in [-0.25, -0.2) is 0 Å². The van der Waals surface area contributed by atoms with Gasteiger partial charge in [0.1, 0.15) is 23.4 Å². The van der Waals surface area contributed by atoms with Crippen molar-refractivity contribution in [3.8, 4) is 5.75 Å². The molecule has 1 fully saturated rings. The molecule has 1 aromatic carbocycles.